The summed E-state index contributed by atoms with van der Waals surface area (Å²) in [7, 11) is 0. The third kappa shape index (κ3) is 3.86. The van der Waals surface area contributed by atoms with Gasteiger partial charge in [-0.3, -0.25) is 0 Å². The maximum atomic E-state index is 5.83. The molecular formula is C13H19BrO. The summed E-state index contributed by atoms with van der Waals surface area (Å²) < 4.78 is 5.83. The van der Waals surface area contributed by atoms with Crippen molar-refractivity contribution < 1.29 is 4.74 Å². The van der Waals surface area contributed by atoms with Crippen molar-refractivity contribution in [2.75, 3.05) is 11.9 Å². The number of hydrogen-bond acceptors (Lipinski definition) is 1. The molecule has 1 unspecified atom stereocenters. The van der Waals surface area contributed by atoms with Crippen LogP contribution in [0.1, 0.15) is 24.5 Å². The second-order valence-electron chi connectivity index (χ2n) is 4.01. The molecular weight excluding hydrogens is 252 g/mol. The molecule has 84 valence electrons. The molecule has 2 heteroatoms. The highest BCUT2D eigenvalue weighted by Gasteiger charge is 2.06. The van der Waals surface area contributed by atoms with Crippen LogP contribution in [0.15, 0.2) is 18.2 Å². The van der Waals surface area contributed by atoms with Gasteiger partial charge in [0.15, 0.2) is 0 Å². The number of benzene rings is 1. The first kappa shape index (κ1) is 12.6. The van der Waals surface area contributed by atoms with Gasteiger partial charge in [-0.2, -0.15) is 0 Å². The van der Waals surface area contributed by atoms with E-state index in [1.165, 1.54) is 11.1 Å². The number of ether oxygens (including phenoxy) is 1. The van der Waals surface area contributed by atoms with Crippen LogP contribution in [-0.4, -0.2) is 11.9 Å². The quantitative estimate of drug-likeness (QED) is 0.732. The van der Waals surface area contributed by atoms with E-state index >= 15 is 0 Å². The second-order valence-corrected chi connectivity index (χ2v) is 4.66. The molecule has 1 aromatic rings. The van der Waals surface area contributed by atoms with Gasteiger partial charge in [0.05, 0.1) is 6.61 Å². The summed E-state index contributed by atoms with van der Waals surface area (Å²) in [5.41, 5.74) is 2.47. The van der Waals surface area contributed by atoms with Crippen LogP contribution in [-0.2, 0) is 0 Å². The smallest absolute Gasteiger partial charge is 0.122 e. The Morgan fingerprint density at radius 2 is 2.07 bits per heavy atom. The van der Waals surface area contributed by atoms with Crippen molar-refractivity contribution in [2.45, 2.75) is 27.2 Å². The SMILES string of the molecule is CCC(CBr)COc1cc(C)ccc1C. The summed E-state index contributed by atoms with van der Waals surface area (Å²) in [6.45, 7) is 7.17. The minimum atomic E-state index is 0.602. The summed E-state index contributed by atoms with van der Waals surface area (Å²) in [4.78, 5) is 0. The van der Waals surface area contributed by atoms with Crippen LogP contribution in [0.4, 0.5) is 0 Å². The van der Waals surface area contributed by atoms with Crippen molar-refractivity contribution in [2.24, 2.45) is 5.92 Å². The average Bonchev–Trinajstić information content (AvgIpc) is 2.24. The molecule has 0 amide bonds. The molecule has 0 fully saturated rings. The fraction of sp³-hybridized carbons (Fsp3) is 0.538. The zero-order chi connectivity index (χ0) is 11.3. The number of rotatable bonds is 5. The largest absolute Gasteiger partial charge is 0.493 e. The van der Waals surface area contributed by atoms with Gasteiger partial charge in [-0.15, -0.1) is 0 Å². The molecule has 1 aromatic carbocycles. The van der Waals surface area contributed by atoms with Gasteiger partial charge < -0.3 is 4.74 Å². The third-order valence-corrected chi connectivity index (χ3v) is 3.53. The van der Waals surface area contributed by atoms with Crippen molar-refractivity contribution in [1.29, 1.82) is 0 Å². The minimum absolute atomic E-state index is 0.602. The normalized spacial score (nSPS) is 12.5. The zero-order valence-electron chi connectivity index (χ0n) is 9.72. The molecule has 0 aliphatic rings. The second kappa shape index (κ2) is 6.16. The van der Waals surface area contributed by atoms with Gasteiger partial charge in [-0.25, -0.2) is 0 Å². The zero-order valence-corrected chi connectivity index (χ0v) is 11.3. The van der Waals surface area contributed by atoms with Gasteiger partial charge in [0.1, 0.15) is 5.75 Å². The maximum Gasteiger partial charge on any atom is 0.122 e. The van der Waals surface area contributed by atoms with Gasteiger partial charge in [0.25, 0.3) is 0 Å². The summed E-state index contributed by atoms with van der Waals surface area (Å²) >= 11 is 3.50. The van der Waals surface area contributed by atoms with Gasteiger partial charge in [-0.1, -0.05) is 35.0 Å². The predicted molar refractivity (Wildman–Crippen MR) is 69.0 cm³/mol. The molecule has 0 aromatic heterocycles. The van der Waals surface area contributed by atoms with Gasteiger partial charge in [0, 0.05) is 11.2 Å². The topological polar surface area (TPSA) is 9.23 Å². The van der Waals surface area contributed by atoms with E-state index < -0.39 is 0 Å². The lowest BCUT2D eigenvalue weighted by Gasteiger charge is -2.15. The molecule has 0 heterocycles. The van der Waals surface area contributed by atoms with E-state index in [0.29, 0.717) is 5.92 Å². The van der Waals surface area contributed by atoms with E-state index in [1.807, 2.05) is 0 Å². The van der Waals surface area contributed by atoms with Crippen LogP contribution < -0.4 is 4.74 Å². The van der Waals surface area contributed by atoms with Crippen LogP contribution in [0, 0.1) is 19.8 Å². The van der Waals surface area contributed by atoms with Crippen molar-refractivity contribution in [3.8, 4) is 5.75 Å². The Labute approximate surface area is 101 Å². The standard InChI is InChI=1S/C13H19BrO/c1-4-12(8-14)9-15-13-7-10(2)5-6-11(13)3/h5-7,12H,4,8-9H2,1-3H3. The first-order valence-electron chi connectivity index (χ1n) is 5.43. The van der Waals surface area contributed by atoms with E-state index in [0.717, 1.165) is 24.1 Å². The van der Waals surface area contributed by atoms with Crippen LogP contribution in [0.2, 0.25) is 0 Å². The molecule has 0 aliphatic carbocycles. The fourth-order valence-electron chi connectivity index (χ4n) is 1.34. The monoisotopic (exact) mass is 270 g/mol. The van der Waals surface area contributed by atoms with Crippen molar-refractivity contribution >= 4 is 15.9 Å². The fourth-order valence-corrected chi connectivity index (χ4v) is 1.99. The lowest BCUT2D eigenvalue weighted by molar-refractivity contribution is 0.258. The molecule has 1 rings (SSSR count). The highest BCUT2D eigenvalue weighted by atomic mass is 79.9. The van der Waals surface area contributed by atoms with Crippen LogP contribution in [0.3, 0.4) is 0 Å². The van der Waals surface area contributed by atoms with Crippen LogP contribution in [0.5, 0.6) is 5.75 Å². The summed E-state index contributed by atoms with van der Waals surface area (Å²) in [6, 6.07) is 6.33. The van der Waals surface area contributed by atoms with E-state index in [4.69, 9.17) is 4.74 Å². The van der Waals surface area contributed by atoms with Crippen LogP contribution >= 0.6 is 15.9 Å². The molecule has 1 atom stereocenters. The summed E-state index contributed by atoms with van der Waals surface area (Å²) in [5.74, 6) is 1.62. The first-order valence-corrected chi connectivity index (χ1v) is 6.55. The van der Waals surface area contributed by atoms with Crippen LogP contribution in [0.25, 0.3) is 0 Å². The molecule has 0 N–H and O–H groups in total. The third-order valence-electron chi connectivity index (χ3n) is 2.61. The lowest BCUT2D eigenvalue weighted by Crippen LogP contribution is -2.12. The number of hydrogen-bond donors (Lipinski definition) is 0. The molecule has 0 saturated heterocycles. The average molecular weight is 271 g/mol. The van der Waals surface area contributed by atoms with E-state index in [2.05, 4.69) is 54.9 Å². The lowest BCUT2D eigenvalue weighted by atomic mass is 10.1. The van der Waals surface area contributed by atoms with Crippen molar-refractivity contribution in [3.63, 3.8) is 0 Å². The van der Waals surface area contributed by atoms with E-state index in [1.54, 1.807) is 0 Å². The Balaban J connectivity index is 2.60. The maximum absolute atomic E-state index is 5.83. The van der Waals surface area contributed by atoms with E-state index in [-0.39, 0.29) is 0 Å². The van der Waals surface area contributed by atoms with Gasteiger partial charge in [-0.05, 0) is 37.5 Å². The molecule has 0 radical (unpaired) electrons. The Hall–Kier alpha value is -0.500. The Morgan fingerprint density at radius 3 is 2.67 bits per heavy atom. The van der Waals surface area contributed by atoms with Crippen molar-refractivity contribution in [3.05, 3.63) is 29.3 Å². The van der Waals surface area contributed by atoms with Gasteiger partial charge >= 0.3 is 0 Å². The molecule has 0 saturated carbocycles. The summed E-state index contributed by atoms with van der Waals surface area (Å²) in [5, 5.41) is 1.01. The number of halogens is 1. The molecule has 0 bridgehead atoms. The number of aryl methyl sites for hydroxylation is 2. The Bertz CT molecular complexity index is 305. The first-order chi connectivity index (χ1) is 7.17. The van der Waals surface area contributed by atoms with Crippen molar-refractivity contribution in [1.82, 2.24) is 0 Å². The minimum Gasteiger partial charge on any atom is -0.493 e. The molecule has 0 spiro atoms. The summed E-state index contributed by atoms with van der Waals surface area (Å²) in [6.07, 6.45) is 1.15. The molecule has 0 aliphatic heterocycles. The van der Waals surface area contributed by atoms with Gasteiger partial charge in [0.2, 0.25) is 0 Å². The number of alkyl halides is 1. The highest BCUT2D eigenvalue weighted by molar-refractivity contribution is 9.09. The predicted octanol–water partition coefficient (Wildman–Crippen LogP) is 4.10. The molecule has 1 nitrogen and oxygen atoms in total. The van der Waals surface area contributed by atoms with E-state index in [9.17, 15) is 0 Å². The highest BCUT2D eigenvalue weighted by Crippen LogP contribution is 2.20. The molecule has 15 heavy (non-hydrogen) atoms. The Kier molecular flexibility index (Phi) is 5.16. The Morgan fingerprint density at radius 1 is 1.33 bits per heavy atom.